The SMILES string of the molecule is C[C@@H](c1ccc(-c2ccc(=O)n(C)c2)cc1)N1CCC(CC(C)(C)O)(c2ccccc2)CC1=O. The van der Waals surface area contributed by atoms with Crippen LogP contribution in [-0.4, -0.2) is 32.6 Å². The summed E-state index contributed by atoms with van der Waals surface area (Å²) in [6.07, 6.45) is 3.58. The van der Waals surface area contributed by atoms with Crippen molar-refractivity contribution in [1.29, 1.82) is 0 Å². The van der Waals surface area contributed by atoms with E-state index < -0.39 is 5.60 Å². The molecule has 0 aliphatic carbocycles. The van der Waals surface area contributed by atoms with Crippen molar-refractivity contribution in [3.63, 3.8) is 0 Å². The predicted molar refractivity (Wildman–Crippen MR) is 136 cm³/mol. The van der Waals surface area contributed by atoms with Gasteiger partial charge in [0.25, 0.3) is 0 Å². The van der Waals surface area contributed by atoms with Crippen LogP contribution in [0.2, 0.25) is 0 Å². The number of aryl methyl sites for hydroxylation is 1. The molecule has 1 unspecified atom stereocenters. The number of carbonyl (C=O) groups is 1. The molecule has 1 aliphatic rings. The number of hydrogen-bond acceptors (Lipinski definition) is 3. The maximum atomic E-state index is 13.5. The molecular formula is C29H34N2O3. The predicted octanol–water partition coefficient (Wildman–Crippen LogP) is 4.83. The van der Waals surface area contributed by atoms with Crippen LogP contribution in [0.4, 0.5) is 0 Å². The highest BCUT2D eigenvalue weighted by Crippen LogP contribution is 2.44. The number of aromatic nitrogens is 1. The molecule has 34 heavy (non-hydrogen) atoms. The average molecular weight is 459 g/mol. The Balaban J connectivity index is 1.54. The minimum absolute atomic E-state index is 0.0335. The molecule has 1 aromatic heterocycles. The van der Waals surface area contributed by atoms with Crippen molar-refractivity contribution >= 4 is 5.91 Å². The maximum Gasteiger partial charge on any atom is 0.250 e. The average Bonchev–Trinajstić information content (AvgIpc) is 2.80. The lowest BCUT2D eigenvalue weighted by molar-refractivity contribution is -0.139. The Kier molecular flexibility index (Phi) is 6.50. The first-order valence-electron chi connectivity index (χ1n) is 11.9. The summed E-state index contributed by atoms with van der Waals surface area (Å²) in [7, 11) is 1.75. The summed E-state index contributed by atoms with van der Waals surface area (Å²) in [5, 5.41) is 10.6. The molecule has 3 aromatic rings. The van der Waals surface area contributed by atoms with Crippen LogP contribution in [0, 0.1) is 0 Å². The van der Waals surface area contributed by atoms with Gasteiger partial charge in [-0.1, -0.05) is 54.6 Å². The third-order valence-corrected chi connectivity index (χ3v) is 7.08. The van der Waals surface area contributed by atoms with Gasteiger partial charge in [0.1, 0.15) is 0 Å². The molecule has 0 bridgehead atoms. The van der Waals surface area contributed by atoms with Crippen molar-refractivity contribution in [2.24, 2.45) is 7.05 Å². The number of rotatable bonds is 6. The minimum atomic E-state index is -0.860. The van der Waals surface area contributed by atoms with Gasteiger partial charge in [0.2, 0.25) is 11.5 Å². The zero-order valence-electron chi connectivity index (χ0n) is 20.5. The standard InChI is InChI=1S/C29H34N2O3/c1-21(22-10-12-23(13-11-22)24-14-15-26(32)30(4)19-24)31-17-16-29(18-27(31)33,20-28(2,3)34)25-8-6-5-7-9-25/h5-15,19,21,34H,16-18,20H2,1-4H3/t21-,29?/m0/s1. The van der Waals surface area contributed by atoms with Gasteiger partial charge in [-0.2, -0.15) is 0 Å². The molecule has 1 N–H and O–H groups in total. The third kappa shape index (κ3) is 5.00. The van der Waals surface area contributed by atoms with Crippen molar-refractivity contribution < 1.29 is 9.90 Å². The second kappa shape index (κ2) is 9.22. The lowest BCUT2D eigenvalue weighted by Crippen LogP contribution is -2.49. The van der Waals surface area contributed by atoms with Crippen LogP contribution in [-0.2, 0) is 17.3 Å². The molecular weight excluding hydrogens is 424 g/mol. The third-order valence-electron chi connectivity index (χ3n) is 7.08. The van der Waals surface area contributed by atoms with Crippen LogP contribution in [0.1, 0.15) is 57.2 Å². The van der Waals surface area contributed by atoms with E-state index in [0.717, 1.165) is 28.7 Å². The van der Waals surface area contributed by atoms with Gasteiger partial charge < -0.3 is 14.6 Å². The minimum Gasteiger partial charge on any atom is -0.390 e. The van der Waals surface area contributed by atoms with Crippen LogP contribution >= 0.6 is 0 Å². The first-order valence-corrected chi connectivity index (χ1v) is 11.9. The normalized spacial score (nSPS) is 19.8. The molecule has 1 amide bonds. The summed E-state index contributed by atoms with van der Waals surface area (Å²) in [6, 6.07) is 21.7. The summed E-state index contributed by atoms with van der Waals surface area (Å²) in [6.45, 7) is 6.37. The van der Waals surface area contributed by atoms with Crippen LogP contribution in [0.3, 0.4) is 0 Å². The lowest BCUT2D eigenvalue weighted by atomic mass is 9.66. The van der Waals surface area contributed by atoms with E-state index in [9.17, 15) is 14.7 Å². The molecule has 0 saturated carbocycles. The van der Waals surface area contributed by atoms with E-state index in [1.165, 1.54) is 0 Å². The fourth-order valence-electron chi connectivity index (χ4n) is 5.37. The molecule has 0 spiro atoms. The number of pyridine rings is 1. The highest BCUT2D eigenvalue weighted by Gasteiger charge is 2.44. The van der Waals surface area contributed by atoms with Gasteiger partial charge in [0.15, 0.2) is 0 Å². The second-order valence-corrected chi connectivity index (χ2v) is 10.3. The zero-order valence-corrected chi connectivity index (χ0v) is 20.5. The van der Waals surface area contributed by atoms with Gasteiger partial charge >= 0.3 is 0 Å². The van der Waals surface area contributed by atoms with Crippen LogP contribution in [0.5, 0.6) is 0 Å². The van der Waals surface area contributed by atoms with Crippen LogP contribution in [0.15, 0.2) is 77.7 Å². The van der Waals surface area contributed by atoms with Crippen LogP contribution in [0.25, 0.3) is 11.1 Å². The highest BCUT2D eigenvalue weighted by atomic mass is 16.3. The molecule has 5 heteroatoms. The Bertz CT molecular complexity index is 1210. The quantitative estimate of drug-likeness (QED) is 0.575. The molecule has 2 atom stereocenters. The van der Waals surface area contributed by atoms with Crippen molar-refractivity contribution in [2.75, 3.05) is 6.54 Å². The summed E-state index contributed by atoms with van der Waals surface area (Å²) < 4.78 is 1.57. The first kappa shape index (κ1) is 24.0. The molecule has 1 fully saturated rings. The van der Waals surface area contributed by atoms with Crippen LogP contribution < -0.4 is 5.56 Å². The van der Waals surface area contributed by atoms with Gasteiger partial charge in [-0.15, -0.1) is 0 Å². The van der Waals surface area contributed by atoms with Crippen molar-refractivity contribution in [3.8, 4) is 11.1 Å². The number of amides is 1. The van der Waals surface area contributed by atoms with Gasteiger partial charge in [-0.25, -0.2) is 0 Å². The molecule has 5 nitrogen and oxygen atoms in total. The Labute approximate surface area is 201 Å². The lowest BCUT2D eigenvalue weighted by Gasteiger charge is -2.46. The number of nitrogens with zero attached hydrogens (tertiary/aromatic N) is 2. The number of carbonyl (C=O) groups excluding carboxylic acids is 1. The Hall–Kier alpha value is -3.18. The van der Waals surface area contributed by atoms with E-state index in [1.807, 2.05) is 61.3 Å². The molecule has 0 radical (unpaired) electrons. The van der Waals surface area contributed by atoms with E-state index in [4.69, 9.17) is 0 Å². The van der Waals surface area contributed by atoms with E-state index in [0.29, 0.717) is 19.4 Å². The van der Waals surface area contributed by atoms with Gasteiger partial charge in [-0.05, 0) is 61.9 Å². The Morgan fingerprint density at radius 1 is 0.971 bits per heavy atom. The van der Waals surface area contributed by atoms with Crippen molar-refractivity contribution in [1.82, 2.24) is 9.47 Å². The molecule has 2 heterocycles. The largest absolute Gasteiger partial charge is 0.390 e. The van der Waals surface area contributed by atoms with Crippen molar-refractivity contribution in [2.45, 2.75) is 57.1 Å². The number of likely N-dealkylation sites (tertiary alicyclic amines) is 1. The van der Waals surface area contributed by atoms with E-state index >= 15 is 0 Å². The van der Waals surface area contributed by atoms with Crippen molar-refractivity contribution in [3.05, 3.63) is 94.4 Å². The topological polar surface area (TPSA) is 62.5 Å². The summed E-state index contributed by atoms with van der Waals surface area (Å²) in [4.78, 5) is 27.1. The number of hydrogen-bond donors (Lipinski definition) is 1. The number of piperidine rings is 1. The van der Waals surface area contributed by atoms with E-state index in [-0.39, 0.29) is 22.9 Å². The monoisotopic (exact) mass is 458 g/mol. The van der Waals surface area contributed by atoms with E-state index in [2.05, 4.69) is 31.2 Å². The first-order chi connectivity index (χ1) is 16.1. The van der Waals surface area contributed by atoms with Gasteiger partial charge in [0, 0.05) is 37.7 Å². The fourth-order valence-corrected chi connectivity index (χ4v) is 5.37. The summed E-state index contributed by atoms with van der Waals surface area (Å²) in [5.74, 6) is 0.119. The van der Waals surface area contributed by atoms with Gasteiger partial charge in [-0.3, -0.25) is 9.59 Å². The molecule has 4 rings (SSSR count). The summed E-state index contributed by atoms with van der Waals surface area (Å²) >= 11 is 0. The fraction of sp³-hybridized carbons (Fsp3) is 0.379. The zero-order chi connectivity index (χ0) is 24.5. The smallest absolute Gasteiger partial charge is 0.250 e. The van der Waals surface area contributed by atoms with Gasteiger partial charge in [0.05, 0.1) is 11.6 Å². The Morgan fingerprint density at radius 3 is 2.21 bits per heavy atom. The number of benzene rings is 2. The maximum absolute atomic E-state index is 13.5. The molecule has 1 aliphatic heterocycles. The summed E-state index contributed by atoms with van der Waals surface area (Å²) in [5.41, 5.74) is 2.96. The molecule has 178 valence electrons. The Morgan fingerprint density at radius 2 is 1.62 bits per heavy atom. The highest BCUT2D eigenvalue weighted by molar-refractivity contribution is 5.79. The van der Waals surface area contributed by atoms with E-state index in [1.54, 1.807) is 17.7 Å². The second-order valence-electron chi connectivity index (χ2n) is 10.3. The molecule has 1 saturated heterocycles. The molecule has 2 aromatic carbocycles. The number of aliphatic hydroxyl groups is 1.